The Labute approximate surface area is 168 Å². The third-order valence-electron chi connectivity index (χ3n) is 5.31. The van der Waals surface area contributed by atoms with Crippen molar-refractivity contribution < 1.29 is 4.79 Å². The van der Waals surface area contributed by atoms with E-state index in [9.17, 15) is 4.79 Å². The lowest BCUT2D eigenvalue weighted by atomic mass is 9.93. The van der Waals surface area contributed by atoms with E-state index in [0.29, 0.717) is 24.9 Å². The number of nitrogens with zero attached hydrogens (tertiary/aromatic N) is 4. The van der Waals surface area contributed by atoms with E-state index in [-0.39, 0.29) is 12.1 Å². The lowest BCUT2D eigenvalue weighted by Crippen LogP contribution is -2.53. The lowest BCUT2D eigenvalue weighted by Gasteiger charge is -2.36. The Balaban J connectivity index is 1.60. The van der Waals surface area contributed by atoms with Gasteiger partial charge in [-0.2, -0.15) is 0 Å². The van der Waals surface area contributed by atoms with Gasteiger partial charge in [-0.25, -0.2) is 14.8 Å². The number of piperazine rings is 1. The van der Waals surface area contributed by atoms with Crippen molar-refractivity contribution in [3.05, 3.63) is 53.9 Å². The molecule has 1 atom stereocenters. The van der Waals surface area contributed by atoms with Gasteiger partial charge in [0.05, 0.1) is 6.04 Å². The minimum Gasteiger partial charge on any atom is -0.337 e. The summed E-state index contributed by atoms with van der Waals surface area (Å²) in [6, 6.07) is 10.4. The molecule has 150 valence electrons. The highest BCUT2D eigenvalue weighted by molar-refractivity contribution is 5.75. The van der Waals surface area contributed by atoms with Gasteiger partial charge in [0.15, 0.2) is 0 Å². The Morgan fingerprint density at radius 2 is 1.50 bits per heavy atom. The van der Waals surface area contributed by atoms with Crippen molar-refractivity contribution in [3.8, 4) is 0 Å². The summed E-state index contributed by atoms with van der Waals surface area (Å²) < 4.78 is 0. The average Bonchev–Trinajstić information content (AvgIpc) is 2.72. The van der Waals surface area contributed by atoms with Crippen molar-refractivity contribution in [1.82, 2.24) is 20.2 Å². The van der Waals surface area contributed by atoms with Crippen LogP contribution in [0.5, 0.6) is 0 Å². The van der Waals surface area contributed by atoms with Crippen LogP contribution >= 0.6 is 0 Å². The molecule has 1 unspecified atom stereocenters. The molecule has 0 aliphatic carbocycles. The van der Waals surface area contributed by atoms with E-state index in [1.165, 1.54) is 5.56 Å². The molecule has 1 aliphatic rings. The second kappa shape index (κ2) is 9.04. The van der Waals surface area contributed by atoms with E-state index >= 15 is 0 Å². The van der Waals surface area contributed by atoms with Crippen LogP contribution in [-0.4, -0.2) is 47.1 Å². The van der Waals surface area contributed by atoms with Gasteiger partial charge in [0, 0.05) is 38.6 Å². The van der Waals surface area contributed by atoms with Gasteiger partial charge < -0.3 is 15.1 Å². The standard InChI is InChI=1S/C22H31N5O/c1-16(2)18-6-8-19(9-7-18)20(17(3)4)25-22(28)27-14-12-26(13-15-27)21-23-10-5-11-24-21/h5-11,16-17,20H,12-15H2,1-4H3,(H,25,28). The number of carbonyl (C=O) groups is 1. The second-order valence-electron chi connectivity index (χ2n) is 8.02. The van der Waals surface area contributed by atoms with Crippen LogP contribution in [0.1, 0.15) is 50.8 Å². The molecule has 3 rings (SSSR count). The molecule has 1 N–H and O–H groups in total. The zero-order valence-corrected chi connectivity index (χ0v) is 17.3. The van der Waals surface area contributed by atoms with E-state index in [0.717, 1.165) is 24.6 Å². The second-order valence-corrected chi connectivity index (χ2v) is 8.02. The first-order chi connectivity index (χ1) is 13.5. The first kappa shape index (κ1) is 20.1. The highest BCUT2D eigenvalue weighted by atomic mass is 16.2. The number of nitrogens with one attached hydrogen (secondary N) is 1. The highest BCUT2D eigenvalue weighted by Crippen LogP contribution is 2.24. The monoisotopic (exact) mass is 381 g/mol. The van der Waals surface area contributed by atoms with Gasteiger partial charge in [-0.3, -0.25) is 0 Å². The lowest BCUT2D eigenvalue weighted by molar-refractivity contribution is 0.186. The molecule has 2 heterocycles. The predicted octanol–water partition coefficient (Wildman–Crippen LogP) is 3.83. The molecule has 1 aromatic heterocycles. The van der Waals surface area contributed by atoms with E-state index in [2.05, 4.69) is 72.1 Å². The molecule has 2 amide bonds. The topological polar surface area (TPSA) is 61.4 Å². The van der Waals surface area contributed by atoms with Crippen molar-refractivity contribution in [3.63, 3.8) is 0 Å². The smallest absolute Gasteiger partial charge is 0.318 e. The maximum absolute atomic E-state index is 12.9. The summed E-state index contributed by atoms with van der Waals surface area (Å²) in [5, 5.41) is 3.24. The van der Waals surface area contributed by atoms with Crippen molar-refractivity contribution >= 4 is 12.0 Å². The summed E-state index contributed by atoms with van der Waals surface area (Å²) >= 11 is 0. The fourth-order valence-electron chi connectivity index (χ4n) is 3.51. The first-order valence-electron chi connectivity index (χ1n) is 10.1. The Morgan fingerprint density at radius 1 is 0.929 bits per heavy atom. The summed E-state index contributed by atoms with van der Waals surface area (Å²) in [6.45, 7) is 11.5. The normalized spacial score (nSPS) is 15.8. The van der Waals surface area contributed by atoms with Gasteiger partial charge in [-0.05, 0) is 29.0 Å². The zero-order valence-electron chi connectivity index (χ0n) is 17.3. The molecule has 1 aliphatic heterocycles. The van der Waals surface area contributed by atoms with Gasteiger partial charge >= 0.3 is 6.03 Å². The number of urea groups is 1. The molecule has 0 bridgehead atoms. The molecule has 2 aromatic rings. The molecular weight excluding hydrogens is 350 g/mol. The molecule has 6 nitrogen and oxygen atoms in total. The van der Waals surface area contributed by atoms with Crippen molar-refractivity contribution in [2.45, 2.75) is 39.7 Å². The third kappa shape index (κ3) is 4.80. The number of carbonyl (C=O) groups excluding carboxylic acids is 1. The maximum atomic E-state index is 12.9. The number of hydrogen-bond acceptors (Lipinski definition) is 4. The average molecular weight is 382 g/mol. The third-order valence-corrected chi connectivity index (χ3v) is 5.31. The maximum Gasteiger partial charge on any atom is 0.318 e. The van der Waals surface area contributed by atoms with Crippen LogP contribution in [0.2, 0.25) is 0 Å². The SMILES string of the molecule is CC(C)c1ccc(C(NC(=O)N2CCN(c3ncccn3)CC2)C(C)C)cc1. The van der Waals surface area contributed by atoms with E-state index in [1.54, 1.807) is 12.4 Å². The number of aromatic nitrogens is 2. The molecule has 0 radical (unpaired) electrons. The van der Waals surface area contributed by atoms with E-state index in [4.69, 9.17) is 0 Å². The van der Waals surface area contributed by atoms with Crippen LogP contribution in [-0.2, 0) is 0 Å². The minimum atomic E-state index is 0.000246. The first-order valence-corrected chi connectivity index (χ1v) is 10.1. The number of anilines is 1. The summed E-state index contributed by atoms with van der Waals surface area (Å²) in [7, 11) is 0. The van der Waals surface area contributed by atoms with E-state index in [1.807, 2.05) is 11.0 Å². The molecule has 1 saturated heterocycles. The van der Waals surface area contributed by atoms with Gasteiger partial charge in [0.2, 0.25) is 5.95 Å². The number of rotatable bonds is 5. The fraction of sp³-hybridized carbons (Fsp3) is 0.500. The number of hydrogen-bond donors (Lipinski definition) is 1. The molecule has 0 saturated carbocycles. The van der Waals surface area contributed by atoms with Gasteiger partial charge in [-0.15, -0.1) is 0 Å². The van der Waals surface area contributed by atoms with Crippen LogP contribution in [0.15, 0.2) is 42.7 Å². The van der Waals surface area contributed by atoms with Gasteiger partial charge in [-0.1, -0.05) is 52.0 Å². The molecular formula is C22H31N5O. The highest BCUT2D eigenvalue weighted by Gasteiger charge is 2.25. The number of benzene rings is 1. The van der Waals surface area contributed by atoms with E-state index < -0.39 is 0 Å². The molecule has 28 heavy (non-hydrogen) atoms. The van der Waals surface area contributed by atoms with Gasteiger partial charge in [0.1, 0.15) is 0 Å². The Morgan fingerprint density at radius 3 is 2.04 bits per heavy atom. The van der Waals surface area contributed by atoms with Crippen LogP contribution in [0, 0.1) is 5.92 Å². The fourth-order valence-corrected chi connectivity index (χ4v) is 3.51. The number of amides is 2. The van der Waals surface area contributed by atoms with Crippen LogP contribution in [0.4, 0.5) is 10.7 Å². The molecule has 1 fully saturated rings. The Hall–Kier alpha value is -2.63. The summed E-state index contributed by atoms with van der Waals surface area (Å²) in [5.41, 5.74) is 2.47. The zero-order chi connectivity index (χ0) is 20.1. The van der Waals surface area contributed by atoms with Crippen LogP contribution in [0.3, 0.4) is 0 Å². The van der Waals surface area contributed by atoms with Crippen molar-refractivity contribution in [1.29, 1.82) is 0 Å². The Bertz CT molecular complexity index is 752. The van der Waals surface area contributed by atoms with Gasteiger partial charge in [0.25, 0.3) is 0 Å². The summed E-state index contributed by atoms with van der Waals surface area (Å²) in [5.74, 6) is 1.55. The van der Waals surface area contributed by atoms with Crippen LogP contribution < -0.4 is 10.2 Å². The quantitative estimate of drug-likeness (QED) is 0.855. The summed E-state index contributed by atoms with van der Waals surface area (Å²) in [4.78, 5) is 25.5. The minimum absolute atomic E-state index is 0.000246. The molecule has 6 heteroatoms. The van der Waals surface area contributed by atoms with Crippen molar-refractivity contribution in [2.75, 3.05) is 31.1 Å². The Kier molecular flexibility index (Phi) is 6.49. The van der Waals surface area contributed by atoms with Crippen molar-refractivity contribution in [2.24, 2.45) is 5.92 Å². The summed E-state index contributed by atoms with van der Waals surface area (Å²) in [6.07, 6.45) is 3.50. The largest absolute Gasteiger partial charge is 0.337 e. The van der Waals surface area contributed by atoms with Crippen LogP contribution in [0.25, 0.3) is 0 Å². The molecule has 1 aromatic carbocycles. The predicted molar refractivity (Wildman–Crippen MR) is 112 cm³/mol. The molecule has 0 spiro atoms.